The largest absolute Gasteiger partial charge is 0.486 e. The number of hydrogen-bond acceptors (Lipinski definition) is 4. The molecule has 2 aromatic rings. The lowest BCUT2D eigenvalue weighted by molar-refractivity contribution is 0.140. The minimum Gasteiger partial charge on any atom is -0.486 e. The number of carbonyl (C=O) groups excluding carboxylic acids is 1. The van der Waals surface area contributed by atoms with Crippen molar-refractivity contribution in [1.82, 2.24) is 15.1 Å². The third-order valence-corrected chi connectivity index (χ3v) is 5.60. The Kier molecular flexibility index (Phi) is 6.42. The van der Waals surface area contributed by atoms with Gasteiger partial charge in [-0.05, 0) is 29.7 Å². The fraction of sp³-hybridized carbons (Fsp3) is 0.409. The van der Waals surface area contributed by atoms with Crippen molar-refractivity contribution in [2.24, 2.45) is 0 Å². The summed E-state index contributed by atoms with van der Waals surface area (Å²) in [6, 6.07) is 14.2. The zero-order valence-electron chi connectivity index (χ0n) is 16.4. The second-order valence-corrected chi connectivity index (χ2v) is 7.73. The summed E-state index contributed by atoms with van der Waals surface area (Å²) in [5.41, 5.74) is 2.25. The Labute approximate surface area is 176 Å². The Morgan fingerprint density at radius 1 is 1.00 bits per heavy atom. The molecule has 2 aliphatic heterocycles. The molecule has 2 heterocycles. The quantitative estimate of drug-likeness (QED) is 0.814. The number of carbonyl (C=O) groups is 1. The van der Waals surface area contributed by atoms with Crippen molar-refractivity contribution in [3.8, 4) is 11.5 Å². The number of nitrogens with zero attached hydrogens (tertiary/aromatic N) is 2. The van der Waals surface area contributed by atoms with E-state index in [2.05, 4.69) is 34.5 Å². The number of piperazine rings is 1. The van der Waals surface area contributed by atoms with Crippen LogP contribution in [0.25, 0.3) is 0 Å². The number of rotatable bonds is 5. The van der Waals surface area contributed by atoms with Gasteiger partial charge in [0.05, 0.1) is 5.02 Å². The van der Waals surface area contributed by atoms with E-state index >= 15 is 0 Å². The predicted octanol–water partition coefficient (Wildman–Crippen LogP) is 3.18. The van der Waals surface area contributed by atoms with E-state index in [0.717, 1.165) is 44.7 Å². The van der Waals surface area contributed by atoms with Crippen molar-refractivity contribution in [3.63, 3.8) is 0 Å². The zero-order valence-corrected chi connectivity index (χ0v) is 17.2. The highest BCUT2D eigenvalue weighted by Crippen LogP contribution is 2.38. The standard InChI is InChI=1S/C22H26ClN3O3/c23-19-14-18(15-20-21(19)29-13-12-28-20)16-24-22(27)26-10-8-25(9-11-26)7-6-17-4-2-1-3-5-17/h1-5,14-15H,6-13,16H2,(H,24,27). The lowest BCUT2D eigenvalue weighted by atomic mass is 10.1. The van der Waals surface area contributed by atoms with Gasteiger partial charge in [0.15, 0.2) is 11.5 Å². The highest BCUT2D eigenvalue weighted by atomic mass is 35.5. The molecule has 0 radical (unpaired) electrons. The maximum absolute atomic E-state index is 12.5. The lowest BCUT2D eigenvalue weighted by Gasteiger charge is -2.34. The van der Waals surface area contributed by atoms with E-state index in [-0.39, 0.29) is 6.03 Å². The van der Waals surface area contributed by atoms with E-state index in [9.17, 15) is 4.79 Å². The minimum absolute atomic E-state index is 0.0429. The SMILES string of the molecule is O=C(NCc1cc(Cl)c2c(c1)OCCO2)N1CCN(CCc2ccccc2)CC1. The van der Waals surface area contributed by atoms with Gasteiger partial charge in [-0.2, -0.15) is 0 Å². The first kappa shape index (κ1) is 19.9. The van der Waals surface area contributed by atoms with Crippen LogP contribution in [0.4, 0.5) is 4.79 Å². The van der Waals surface area contributed by atoms with Gasteiger partial charge >= 0.3 is 6.03 Å². The smallest absolute Gasteiger partial charge is 0.317 e. The summed E-state index contributed by atoms with van der Waals surface area (Å²) < 4.78 is 11.1. The molecular weight excluding hydrogens is 390 g/mol. The molecule has 0 saturated carbocycles. The summed E-state index contributed by atoms with van der Waals surface area (Å²) >= 11 is 6.27. The molecule has 1 saturated heterocycles. The summed E-state index contributed by atoms with van der Waals surface area (Å²) in [5.74, 6) is 1.22. The van der Waals surface area contributed by atoms with Gasteiger partial charge in [-0.25, -0.2) is 4.79 Å². The van der Waals surface area contributed by atoms with Crippen LogP contribution in [0, 0.1) is 0 Å². The van der Waals surface area contributed by atoms with Crippen molar-refractivity contribution in [1.29, 1.82) is 0 Å². The number of urea groups is 1. The van der Waals surface area contributed by atoms with E-state index in [1.165, 1.54) is 5.56 Å². The predicted molar refractivity (Wildman–Crippen MR) is 113 cm³/mol. The highest BCUT2D eigenvalue weighted by Gasteiger charge is 2.21. The molecule has 1 N–H and O–H groups in total. The molecule has 29 heavy (non-hydrogen) atoms. The number of benzene rings is 2. The average Bonchev–Trinajstić information content (AvgIpc) is 2.77. The van der Waals surface area contributed by atoms with Crippen molar-refractivity contribution in [2.45, 2.75) is 13.0 Å². The summed E-state index contributed by atoms with van der Waals surface area (Å²) in [6.07, 6.45) is 1.04. The van der Waals surface area contributed by atoms with Gasteiger partial charge in [-0.15, -0.1) is 0 Å². The molecule has 0 aromatic heterocycles. The average molecular weight is 416 g/mol. The van der Waals surface area contributed by atoms with E-state index < -0.39 is 0 Å². The maximum atomic E-state index is 12.5. The van der Waals surface area contributed by atoms with Crippen LogP contribution in [0.1, 0.15) is 11.1 Å². The molecule has 2 aromatic carbocycles. The van der Waals surface area contributed by atoms with Crippen LogP contribution in [0.5, 0.6) is 11.5 Å². The van der Waals surface area contributed by atoms with Gasteiger partial charge in [0, 0.05) is 39.3 Å². The molecule has 7 heteroatoms. The molecule has 0 atom stereocenters. The molecule has 0 bridgehead atoms. The van der Waals surface area contributed by atoms with Crippen LogP contribution < -0.4 is 14.8 Å². The second-order valence-electron chi connectivity index (χ2n) is 7.32. The van der Waals surface area contributed by atoms with Gasteiger partial charge in [0.25, 0.3) is 0 Å². The Hall–Kier alpha value is -2.44. The Morgan fingerprint density at radius 2 is 1.76 bits per heavy atom. The van der Waals surface area contributed by atoms with Gasteiger partial charge in [0.1, 0.15) is 13.2 Å². The van der Waals surface area contributed by atoms with Gasteiger partial charge in [-0.3, -0.25) is 4.90 Å². The van der Waals surface area contributed by atoms with Crippen molar-refractivity contribution in [3.05, 3.63) is 58.6 Å². The van der Waals surface area contributed by atoms with E-state index in [1.807, 2.05) is 23.1 Å². The third kappa shape index (κ3) is 5.14. The van der Waals surface area contributed by atoms with Crippen molar-refractivity contribution >= 4 is 17.6 Å². The molecule has 154 valence electrons. The molecule has 2 amide bonds. The fourth-order valence-corrected chi connectivity index (χ4v) is 3.95. The van der Waals surface area contributed by atoms with Crippen LogP contribution >= 0.6 is 11.6 Å². The van der Waals surface area contributed by atoms with Crippen LogP contribution in [-0.2, 0) is 13.0 Å². The number of halogens is 1. The van der Waals surface area contributed by atoms with E-state index in [1.54, 1.807) is 0 Å². The van der Waals surface area contributed by atoms with Crippen LogP contribution in [-0.4, -0.2) is 61.8 Å². The fourth-order valence-electron chi connectivity index (χ4n) is 3.66. The summed E-state index contributed by atoms with van der Waals surface area (Å²) in [4.78, 5) is 16.8. The molecule has 0 spiro atoms. The Balaban J connectivity index is 1.22. The first-order chi connectivity index (χ1) is 14.2. The molecule has 0 unspecified atom stereocenters. The summed E-state index contributed by atoms with van der Waals surface area (Å²) in [7, 11) is 0. The lowest BCUT2D eigenvalue weighted by Crippen LogP contribution is -2.51. The van der Waals surface area contributed by atoms with E-state index in [0.29, 0.717) is 36.3 Å². The number of fused-ring (bicyclic) bond motifs is 1. The number of amides is 2. The monoisotopic (exact) mass is 415 g/mol. The van der Waals surface area contributed by atoms with Gasteiger partial charge in [-0.1, -0.05) is 41.9 Å². The molecule has 2 aliphatic rings. The van der Waals surface area contributed by atoms with Crippen molar-refractivity contribution in [2.75, 3.05) is 45.9 Å². The highest BCUT2D eigenvalue weighted by molar-refractivity contribution is 6.32. The summed E-state index contributed by atoms with van der Waals surface area (Å²) in [6.45, 7) is 5.71. The number of ether oxygens (including phenoxy) is 2. The van der Waals surface area contributed by atoms with Crippen LogP contribution in [0.15, 0.2) is 42.5 Å². The Bertz CT molecular complexity index is 839. The third-order valence-electron chi connectivity index (χ3n) is 5.32. The van der Waals surface area contributed by atoms with Gasteiger partial charge < -0.3 is 19.7 Å². The molecule has 0 aliphatic carbocycles. The first-order valence-electron chi connectivity index (χ1n) is 10.1. The van der Waals surface area contributed by atoms with E-state index in [4.69, 9.17) is 21.1 Å². The van der Waals surface area contributed by atoms with Crippen LogP contribution in [0.3, 0.4) is 0 Å². The normalized spacial score (nSPS) is 16.5. The maximum Gasteiger partial charge on any atom is 0.317 e. The minimum atomic E-state index is -0.0429. The molecule has 6 nitrogen and oxygen atoms in total. The number of nitrogens with one attached hydrogen (secondary N) is 1. The summed E-state index contributed by atoms with van der Waals surface area (Å²) in [5, 5.41) is 3.50. The van der Waals surface area contributed by atoms with Gasteiger partial charge in [0.2, 0.25) is 0 Å². The molecular formula is C22H26ClN3O3. The number of hydrogen-bond donors (Lipinski definition) is 1. The van der Waals surface area contributed by atoms with Crippen molar-refractivity contribution < 1.29 is 14.3 Å². The topological polar surface area (TPSA) is 54.0 Å². The van der Waals surface area contributed by atoms with Crippen LogP contribution in [0.2, 0.25) is 5.02 Å². The second kappa shape index (κ2) is 9.37. The first-order valence-corrected chi connectivity index (χ1v) is 10.4. The zero-order chi connectivity index (χ0) is 20.1. The molecule has 1 fully saturated rings. The molecule has 4 rings (SSSR count). The Morgan fingerprint density at radius 3 is 2.55 bits per heavy atom.